The number of nitrogens with one attached hydrogen (secondary N) is 1. The standard InChI is InChI=1S/C13H11N3O3S/c17-4-3-16-12(18)6-11(13(16)19)14-9-2-1-8-7-20-15-10(8)5-9/h1-2,5-7,14,17H,3-4H2. The van der Waals surface area contributed by atoms with Gasteiger partial charge in [-0.2, -0.15) is 4.37 Å². The van der Waals surface area contributed by atoms with Crippen molar-refractivity contribution in [1.82, 2.24) is 9.27 Å². The molecule has 1 aliphatic rings. The number of aliphatic hydroxyl groups excluding tert-OH is 1. The second kappa shape index (κ2) is 5.03. The van der Waals surface area contributed by atoms with E-state index >= 15 is 0 Å². The van der Waals surface area contributed by atoms with E-state index in [1.165, 1.54) is 17.6 Å². The SMILES string of the molecule is O=C1C=C(Nc2ccc3csnc3c2)C(=O)N1CCO. The Morgan fingerprint density at radius 1 is 1.35 bits per heavy atom. The van der Waals surface area contributed by atoms with Gasteiger partial charge in [-0.15, -0.1) is 0 Å². The molecule has 0 atom stereocenters. The van der Waals surface area contributed by atoms with Crippen LogP contribution in [0.3, 0.4) is 0 Å². The molecule has 1 aliphatic heterocycles. The Labute approximate surface area is 118 Å². The van der Waals surface area contributed by atoms with Crippen LogP contribution in [0.1, 0.15) is 0 Å². The molecule has 3 rings (SSSR count). The van der Waals surface area contributed by atoms with Gasteiger partial charge in [-0.1, -0.05) is 0 Å². The number of anilines is 1. The molecule has 6 nitrogen and oxygen atoms in total. The van der Waals surface area contributed by atoms with Crippen LogP contribution in [0, 0.1) is 0 Å². The summed E-state index contributed by atoms with van der Waals surface area (Å²) in [5.41, 5.74) is 1.74. The van der Waals surface area contributed by atoms with Gasteiger partial charge in [0.1, 0.15) is 5.70 Å². The summed E-state index contributed by atoms with van der Waals surface area (Å²) in [6, 6.07) is 5.54. The molecule has 20 heavy (non-hydrogen) atoms. The number of benzene rings is 1. The number of hydrogen-bond acceptors (Lipinski definition) is 6. The first-order chi connectivity index (χ1) is 9.69. The molecule has 2 aromatic rings. The summed E-state index contributed by atoms with van der Waals surface area (Å²) in [7, 11) is 0. The van der Waals surface area contributed by atoms with E-state index in [0.717, 1.165) is 15.8 Å². The van der Waals surface area contributed by atoms with Crippen LogP contribution in [0.25, 0.3) is 10.9 Å². The first kappa shape index (κ1) is 12.8. The van der Waals surface area contributed by atoms with Gasteiger partial charge in [0.2, 0.25) is 0 Å². The molecular formula is C13H11N3O3S. The van der Waals surface area contributed by atoms with Gasteiger partial charge in [-0.05, 0) is 29.7 Å². The predicted octanol–water partition coefficient (Wildman–Crippen LogP) is 0.953. The average Bonchev–Trinajstić information content (AvgIpc) is 2.99. The number of amides is 2. The lowest BCUT2D eigenvalue weighted by Gasteiger charge is -2.13. The lowest BCUT2D eigenvalue weighted by atomic mass is 10.2. The summed E-state index contributed by atoms with van der Waals surface area (Å²) in [5, 5.41) is 14.7. The van der Waals surface area contributed by atoms with E-state index in [9.17, 15) is 9.59 Å². The molecular weight excluding hydrogens is 278 g/mol. The van der Waals surface area contributed by atoms with Gasteiger partial charge in [-0.25, -0.2) is 0 Å². The number of carbonyl (C=O) groups is 2. The van der Waals surface area contributed by atoms with E-state index in [-0.39, 0.29) is 18.8 Å². The first-order valence-corrected chi connectivity index (χ1v) is 6.82. The Bertz CT molecular complexity index is 722. The molecule has 0 saturated heterocycles. The second-order valence-corrected chi connectivity index (χ2v) is 4.92. The highest BCUT2D eigenvalue weighted by Gasteiger charge is 2.30. The molecule has 0 spiro atoms. The zero-order valence-corrected chi connectivity index (χ0v) is 11.2. The minimum absolute atomic E-state index is 0.00443. The highest BCUT2D eigenvalue weighted by Crippen LogP contribution is 2.22. The van der Waals surface area contributed by atoms with E-state index in [4.69, 9.17) is 5.11 Å². The number of β-amino-alcohol motifs (C(OH)–C–C–N with tert-alkyl or cyclic N) is 1. The van der Waals surface area contributed by atoms with Crippen LogP contribution in [0.2, 0.25) is 0 Å². The number of aliphatic hydroxyl groups is 1. The van der Waals surface area contributed by atoms with Crippen molar-refractivity contribution in [2.75, 3.05) is 18.5 Å². The van der Waals surface area contributed by atoms with Crippen molar-refractivity contribution >= 4 is 39.9 Å². The van der Waals surface area contributed by atoms with Crippen LogP contribution >= 0.6 is 11.5 Å². The first-order valence-electron chi connectivity index (χ1n) is 5.98. The fourth-order valence-electron chi connectivity index (χ4n) is 2.01. The van der Waals surface area contributed by atoms with E-state index in [1.54, 1.807) is 0 Å². The molecule has 0 saturated carbocycles. The van der Waals surface area contributed by atoms with E-state index in [1.807, 2.05) is 23.6 Å². The normalized spacial score (nSPS) is 15.1. The molecule has 102 valence electrons. The van der Waals surface area contributed by atoms with Crippen molar-refractivity contribution in [3.05, 3.63) is 35.4 Å². The molecule has 2 N–H and O–H groups in total. The smallest absolute Gasteiger partial charge is 0.277 e. The molecule has 0 bridgehead atoms. The van der Waals surface area contributed by atoms with Crippen LogP contribution < -0.4 is 5.32 Å². The maximum absolute atomic E-state index is 12.0. The van der Waals surface area contributed by atoms with Crippen molar-refractivity contribution < 1.29 is 14.7 Å². The van der Waals surface area contributed by atoms with Crippen molar-refractivity contribution in [2.24, 2.45) is 0 Å². The van der Waals surface area contributed by atoms with E-state index < -0.39 is 11.8 Å². The van der Waals surface area contributed by atoms with Crippen molar-refractivity contribution in [3.8, 4) is 0 Å². The van der Waals surface area contributed by atoms with Gasteiger partial charge in [0.15, 0.2) is 0 Å². The second-order valence-electron chi connectivity index (χ2n) is 4.29. The molecule has 2 heterocycles. The van der Waals surface area contributed by atoms with Gasteiger partial charge < -0.3 is 10.4 Å². The Morgan fingerprint density at radius 2 is 2.20 bits per heavy atom. The molecule has 2 amide bonds. The summed E-state index contributed by atoms with van der Waals surface area (Å²) in [6.45, 7) is -0.242. The topological polar surface area (TPSA) is 82.5 Å². The molecule has 0 radical (unpaired) electrons. The third-order valence-corrected chi connectivity index (χ3v) is 3.63. The Balaban J connectivity index is 1.82. The van der Waals surface area contributed by atoms with Crippen LogP contribution in [0.4, 0.5) is 5.69 Å². The van der Waals surface area contributed by atoms with Gasteiger partial charge >= 0.3 is 0 Å². The molecule has 1 aromatic heterocycles. The predicted molar refractivity (Wildman–Crippen MR) is 75.1 cm³/mol. The monoisotopic (exact) mass is 289 g/mol. The van der Waals surface area contributed by atoms with E-state index in [0.29, 0.717) is 5.69 Å². The van der Waals surface area contributed by atoms with Gasteiger partial charge in [0.25, 0.3) is 11.8 Å². The molecule has 0 unspecified atom stereocenters. The largest absolute Gasteiger partial charge is 0.395 e. The maximum atomic E-state index is 12.0. The Kier molecular flexibility index (Phi) is 3.21. The molecule has 0 aliphatic carbocycles. The fraction of sp³-hybridized carbons (Fsp3) is 0.154. The minimum Gasteiger partial charge on any atom is -0.395 e. The fourth-order valence-corrected chi connectivity index (χ4v) is 2.64. The molecule has 7 heteroatoms. The lowest BCUT2D eigenvalue weighted by molar-refractivity contribution is -0.137. The highest BCUT2D eigenvalue weighted by molar-refractivity contribution is 7.04. The third kappa shape index (κ3) is 2.17. The quantitative estimate of drug-likeness (QED) is 0.819. The summed E-state index contributed by atoms with van der Waals surface area (Å²) >= 11 is 1.36. The van der Waals surface area contributed by atoms with Crippen LogP contribution in [-0.4, -0.2) is 39.3 Å². The Morgan fingerprint density at radius 3 is 3.00 bits per heavy atom. The van der Waals surface area contributed by atoms with E-state index in [2.05, 4.69) is 9.69 Å². The van der Waals surface area contributed by atoms with Gasteiger partial charge in [-0.3, -0.25) is 14.5 Å². The number of imide groups is 1. The Hall–Kier alpha value is -2.25. The zero-order chi connectivity index (χ0) is 14.1. The summed E-state index contributed by atoms with van der Waals surface area (Å²) in [4.78, 5) is 24.6. The van der Waals surface area contributed by atoms with Crippen LogP contribution in [-0.2, 0) is 9.59 Å². The minimum atomic E-state index is -0.428. The van der Waals surface area contributed by atoms with Crippen molar-refractivity contribution in [3.63, 3.8) is 0 Å². The lowest BCUT2D eigenvalue weighted by Crippen LogP contribution is -2.34. The number of rotatable bonds is 4. The third-order valence-electron chi connectivity index (χ3n) is 2.97. The maximum Gasteiger partial charge on any atom is 0.277 e. The average molecular weight is 289 g/mol. The van der Waals surface area contributed by atoms with Gasteiger partial charge in [0, 0.05) is 22.5 Å². The zero-order valence-electron chi connectivity index (χ0n) is 10.4. The number of aromatic nitrogens is 1. The number of nitrogens with zero attached hydrogens (tertiary/aromatic N) is 2. The van der Waals surface area contributed by atoms with Crippen molar-refractivity contribution in [2.45, 2.75) is 0 Å². The van der Waals surface area contributed by atoms with Crippen LogP contribution in [0.15, 0.2) is 35.4 Å². The summed E-state index contributed by atoms with van der Waals surface area (Å²) < 4.78 is 4.22. The van der Waals surface area contributed by atoms with Crippen LogP contribution in [0.5, 0.6) is 0 Å². The summed E-state index contributed by atoms with van der Waals surface area (Å²) in [5.74, 6) is -0.844. The molecule has 1 aromatic carbocycles. The summed E-state index contributed by atoms with van der Waals surface area (Å²) in [6.07, 6.45) is 1.24. The highest BCUT2D eigenvalue weighted by atomic mass is 32.1. The molecule has 0 fully saturated rings. The van der Waals surface area contributed by atoms with Gasteiger partial charge in [0.05, 0.1) is 18.7 Å². The number of fused-ring (bicyclic) bond motifs is 1. The van der Waals surface area contributed by atoms with Crippen molar-refractivity contribution in [1.29, 1.82) is 0 Å². The number of carbonyl (C=O) groups excluding carboxylic acids is 2. The number of hydrogen-bond donors (Lipinski definition) is 2.